The molecule has 2 aromatic rings. The lowest BCUT2D eigenvalue weighted by atomic mass is 10.2. The zero-order valence-corrected chi connectivity index (χ0v) is 13.0. The summed E-state index contributed by atoms with van der Waals surface area (Å²) in [4.78, 5) is 16.4. The number of aryl methyl sites for hydroxylation is 2. The monoisotopic (exact) mass is 307 g/mol. The highest BCUT2D eigenvalue weighted by molar-refractivity contribution is 6.33. The zero-order valence-electron chi connectivity index (χ0n) is 12.3. The number of hydrogen-bond acceptors (Lipinski definition) is 4. The highest BCUT2D eigenvalue weighted by Gasteiger charge is 2.14. The molecular formula is C14H18ClN5O. The molecular weight excluding hydrogens is 290 g/mol. The van der Waals surface area contributed by atoms with Crippen LogP contribution in [0.3, 0.4) is 0 Å². The van der Waals surface area contributed by atoms with Gasteiger partial charge in [0.1, 0.15) is 11.5 Å². The number of carbonyl (C=O) groups excluding carboxylic acids is 1. The third-order valence-corrected chi connectivity index (χ3v) is 3.28. The van der Waals surface area contributed by atoms with Gasteiger partial charge in [0.2, 0.25) is 0 Å². The molecule has 0 bridgehead atoms. The van der Waals surface area contributed by atoms with E-state index < -0.39 is 0 Å². The van der Waals surface area contributed by atoms with Crippen LogP contribution in [0.4, 0.5) is 5.82 Å². The first-order chi connectivity index (χ1) is 10.0. The largest absolute Gasteiger partial charge is 0.370 e. The Labute approximate surface area is 128 Å². The SMILES string of the molecule is CCNc1ccc(Cl)c(C(=O)NCc2cn(C)nc2C)n1. The van der Waals surface area contributed by atoms with Crippen molar-refractivity contribution in [2.24, 2.45) is 7.05 Å². The fourth-order valence-electron chi connectivity index (χ4n) is 1.96. The van der Waals surface area contributed by atoms with Crippen LogP contribution in [0, 0.1) is 6.92 Å². The Bertz CT molecular complexity index is 653. The van der Waals surface area contributed by atoms with E-state index >= 15 is 0 Å². The van der Waals surface area contributed by atoms with E-state index in [0.717, 1.165) is 17.8 Å². The second kappa shape index (κ2) is 6.58. The minimum absolute atomic E-state index is 0.219. The maximum absolute atomic E-state index is 12.2. The minimum atomic E-state index is -0.303. The summed E-state index contributed by atoms with van der Waals surface area (Å²) in [6, 6.07) is 3.41. The van der Waals surface area contributed by atoms with Crippen molar-refractivity contribution in [2.75, 3.05) is 11.9 Å². The number of carbonyl (C=O) groups is 1. The molecule has 6 nitrogen and oxygen atoms in total. The molecule has 2 heterocycles. The lowest BCUT2D eigenvalue weighted by molar-refractivity contribution is 0.0946. The molecule has 0 aliphatic carbocycles. The Morgan fingerprint density at radius 1 is 1.43 bits per heavy atom. The smallest absolute Gasteiger partial charge is 0.271 e. The van der Waals surface area contributed by atoms with Gasteiger partial charge >= 0.3 is 0 Å². The van der Waals surface area contributed by atoms with Crippen LogP contribution in [0.5, 0.6) is 0 Å². The van der Waals surface area contributed by atoms with E-state index in [2.05, 4.69) is 20.7 Å². The molecule has 0 saturated heterocycles. The molecule has 112 valence electrons. The van der Waals surface area contributed by atoms with Crippen LogP contribution in [-0.2, 0) is 13.6 Å². The molecule has 0 fully saturated rings. The van der Waals surface area contributed by atoms with Gasteiger partial charge < -0.3 is 10.6 Å². The summed E-state index contributed by atoms with van der Waals surface area (Å²) < 4.78 is 1.72. The molecule has 2 N–H and O–H groups in total. The van der Waals surface area contributed by atoms with E-state index in [1.807, 2.05) is 27.1 Å². The standard InChI is InChI=1S/C14H18ClN5O/c1-4-16-12-6-5-11(15)13(18-12)14(21)17-7-10-8-20(3)19-9(10)2/h5-6,8H,4,7H2,1-3H3,(H,16,18)(H,17,21). The number of rotatable bonds is 5. The van der Waals surface area contributed by atoms with Gasteiger partial charge in [-0.3, -0.25) is 9.48 Å². The van der Waals surface area contributed by atoms with Crippen LogP contribution < -0.4 is 10.6 Å². The molecule has 1 amide bonds. The molecule has 0 spiro atoms. The Kier molecular flexibility index (Phi) is 4.80. The fraction of sp³-hybridized carbons (Fsp3) is 0.357. The average Bonchev–Trinajstić information content (AvgIpc) is 2.76. The molecule has 0 radical (unpaired) electrons. The molecule has 0 saturated carbocycles. The summed E-state index contributed by atoms with van der Waals surface area (Å²) >= 11 is 6.04. The maximum Gasteiger partial charge on any atom is 0.271 e. The van der Waals surface area contributed by atoms with Crippen LogP contribution in [0.25, 0.3) is 0 Å². The Morgan fingerprint density at radius 2 is 2.19 bits per heavy atom. The molecule has 0 aromatic carbocycles. The van der Waals surface area contributed by atoms with Crippen LogP contribution in [0.1, 0.15) is 28.7 Å². The summed E-state index contributed by atoms with van der Waals surface area (Å²) in [5.74, 6) is 0.326. The molecule has 0 unspecified atom stereocenters. The van der Waals surface area contributed by atoms with Gasteiger partial charge in [0.25, 0.3) is 5.91 Å². The van der Waals surface area contributed by atoms with Crippen molar-refractivity contribution in [3.8, 4) is 0 Å². The molecule has 2 aromatic heterocycles. The zero-order chi connectivity index (χ0) is 15.4. The molecule has 21 heavy (non-hydrogen) atoms. The number of nitrogens with one attached hydrogen (secondary N) is 2. The number of pyridine rings is 1. The molecule has 0 aliphatic rings. The van der Waals surface area contributed by atoms with E-state index in [9.17, 15) is 4.79 Å². The van der Waals surface area contributed by atoms with Crippen molar-refractivity contribution in [2.45, 2.75) is 20.4 Å². The summed E-state index contributed by atoms with van der Waals surface area (Å²) in [5, 5.41) is 10.4. The Morgan fingerprint density at radius 3 is 2.81 bits per heavy atom. The summed E-state index contributed by atoms with van der Waals surface area (Å²) in [6.45, 7) is 4.98. The van der Waals surface area contributed by atoms with Crippen molar-refractivity contribution in [1.82, 2.24) is 20.1 Å². The number of amides is 1. The quantitative estimate of drug-likeness (QED) is 0.888. The van der Waals surface area contributed by atoms with Crippen LogP contribution in [0.2, 0.25) is 5.02 Å². The van der Waals surface area contributed by atoms with Gasteiger partial charge in [-0.1, -0.05) is 11.6 Å². The summed E-state index contributed by atoms with van der Waals surface area (Å²) in [5.41, 5.74) is 2.07. The van der Waals surface area contributed by atoms with Crippen molar-refractivity contribution in [1.29, 1.82) is 0 Å². The predicted molar refractivity (Wildman–Crippen MR) is 82.5 cm³/mol. The second-order valence-electron chi connectivity index (χ2n) is 4.65. The Hall–Kier alpha value is -2.08. The topological polar surface area (TPSA) is 71.8 Å². The predicted octanol–water partition coefficient (Wildman–Crippen LogP) is 2.14. The van der Waals surface area contributed by atoms with E-state index in [1.165, 1.54) is 0 Å². The molecule has 0 aliphatic heterocycles. The first kappa shape index (κ1) is 15.3. The van der Waals surface area contributed by atoms with Crippen LogP contribution >= 0.6 is 11.6 Å². The first-order valence-electron chi connectivity index (χ1n) is 6.69. The number of hydrogen-bond donors (Lipinski definition) is 2. The van der Waals surface area contributed by atoms with E-state index in [1.54, 1.807) is 16.8 Å². The van der Waals surface area contributed by atoms with Crippen molar-refractivity contribution < 1.29 is 4.79 Å². The van der Waals surface area contributed by atoms with E-state index in [0.29, 0.717) is 17.4 Å². The van der Waals surface area contributed by atoms with Crippen molar-refractivity contribution in [3.05, 3.63) is 40.3 Å². The second-order valence-corrected chi connectivity index (χ2v) is 5.06. The third kappa shape index (κ3) is 3.72. The van der Waals surface area contributed by atoms with Gasteiger partial charge in [-0.05, 0) is 26.0 Å². The van der Waals surface area contributed by atoms with E-state index in [4.69, 9.17) is 11.6 Å². The lowest BCUT2D eigenvalue weighted by Gasteiger charge is -2.08. The Balaban J connectivity index is 2.09. The van der Waals surface area contributed by atoms with Gasteiger partial charge in [-0.25, -0.2) is 4.98 Å². The van der Waals surface area contributed by atoms with Gasteiger partial charge in [-0.15, -0.1) is 0 Å². The number of nitrogens with zero attached hydrogens (tertiary/aromatic N) is 3. The molecule has 2 rings (SSSR count). The van der Waals surface area contributed by atoms with Gasteiger partial charge in [0.15, 0.2) is 0 Å². The highest BCUT2D eigenvalue weighted by atomic mass is 35.5. The third-order valence-electron chi connectivity index (χ3n) is 2.97. The highest BCUT2D eigenvalue weighted by Crippen LogP contribution is 2.17. The van der Waals surface area contributed by atoms with Crippen LogP contribution in [-0.4, -0.2) is 27.2 Å². The van der Waals surface area contributed by atoms with Gasteiger partial charge in [0.05, 0.1) is 10.7 Å². The van der Waals surface area contributed by atoms with Crippen LogP contribution in [0.15, 0.2) is 18.3 Å². The number of halogens is 1. The minimum Gasteiger partial charge on any atom is -0.370 e. The van der Waals surface area contributed by atoms with Gasteiger partial charge in [0, 0.05) is 31.9 Å². The average molecular weight is 308 g/mol. The van der Waals surface area contributed by atoms with Crippen molar-refractivity contribution >= 4 is 23.3 Å². The van der Waals surface area contributed by atoms with Gasteiger partial charge in [-0.2, -0.15) is 5.10 Å². The van der Waals surface area contributed by atoms with Crippen molar-refractivity contribution in [3.63, 3.8) is 0 Å². The molecule has 0 atom stereocenters. The first-order valence-corrected chi connectivity index (χ1v) is 7.06. The lowest BCUT2D eigenvalue weighted by Crippen LogP contribution is -2.24. The normalized spacial score (nSPS) is 10.5. The maximum atomic E-state index is 12.2. The molecule has 7 heteroatoms. The summed E-state index contributed by atoms with van der Waals surface area (Å²) in [7, 11) is 1.84. The number of anilines is 1. The summed E-state index contributed by atoms with van der Waals surface area (Å²) in [6.07, 6.45) is 1.87. The number of aromatic nitrogens is 3. The fourth-order valence-corrected chi connectivity index (χ4v) is 2.15. The van der Waals surface area contributed by atoms with E-state index in [-0.39, 0.29) is 11.6 Å².